The number of carbonyl (C=O) groups is 1. The lowest BCUT2D eigenvalue weighted by molar-refractivity contribution is -0.386. The van der Waals surface area contributed by atoms with E-state index in [4.69, 9.17) is 5.11 Å². The maximum atomic E-state index is 11.0. The van der Waals surface area contributed by atoms with Gasteiger partial charge in [-0.25, -0.2) is 0 Å². The van der Waals surface area contributed by atoms with Crippen LogP contribution in [-0.4, -0.2) is 38.7 Å². The summed E-state index contributed by atoms with van der Waals surface area (Å²) in [5, 5.41) is 38.2. The second-order valence-corrected chi connectivity index (χ2v) is 3.33. The van der Waals surface area contributed by atoms with E-state index < -0.39 is 35.2 Å². The molecular formula is C10H11NO6. The molecule has 1 aromatic carbocycles. The second-order valence-electron chi connectivity index (χ2n) is 3.33. The number of hydrogen-bond acceptors (Lipinski definition) is 6. The highest BCUT2D eigenvalue weighted by Crippen LogP contribution is 2.27. The van der Waals surface area contributed by atoms with E-state index in [1.165, 1.54) is 18.2 Å². The Kier molecular flexibility index (Phi) is 4.27. The molecule has 1 aromatic rings. The van der Waals surface area contributed by atoms with Crippen LogP contribution in [0.4, 0.5) is 5.69 Å². The summed E-state index contributed by atoms with van der Waals surface area (Å²) in [5.41, 5.74) is -0.573. The number of rotatable bonds is 5. The highest BCUT2D eigenvalue weighted by atomic mass is 16.6. The Labute approximate surface area is 96.1 Å². The molecule has 7 nitrogen and oxygen atoms in total. The largest absolute Gasteiger partial charge is 0.388 e. The van der Waals surface area contributed by atoms with Gasteiger partial charge in [0.1, 0.15) is 18.8 Å². The molecule has 0 aliphatic rings. The lowest BCUT2D eigenvalue weighted by Gasteiger charge is -2.15. The number of nitro groups is 1. The van der Waals surface area contributed by atoms with Gasteiger partial charge in [-0.1, -0.05) is 12.1 Å². The van der Waals surface area contributed by atoms with E-state index in [1.807, 2.05) is 0 Å². The number of ketones is 1. The molecular weight excluding hydrogens is 230 g/mol. The zero-order chi connectivity index (χ0) is 13.0. The summed E-state index contributed by atoms with van der Waals surface area (Å²) in [7, 11) is 0. The highest BCUT2D eigenvalue weighted by Gasteiger charge is 2.29. The number of carbonyl (C=O) groups excluding carboxylic acids is 1. The molecule has 0 bridgehead atoms. The van der Waals surface area contributed by atoms with Crippen molar-refractivity contribution >= 4 is 11.5 Å². The molecule has 1 rings (SSSR count). The van der Waals surface area contributed by atoms with E-state index in [-0.39, 0.29) is 5.56 Å². The quantitative estimate of drug-likeness (QED) is 0.474. The van der Waals surface area contributed by atoms with Crippen LogP contribution in [-0.2, 0) is 4.79 Å². The van der Waals surface area contributed by atoms with Crippen LogP contribution < -0.4 is 0 Å². The fraction of sp³-hybridized carbons (Fsp3) is 0.300. The molecule has 0 heterocycles. The molecule has 0 aromatic heterocycles. The van der Waals surface area contributed by atoms with Crippen LogP contribution in [0.1, 0.15) is 11.7 Å². The van der Waals surface area contributed by atoms with E-state index in [2.05, 4.69) is 0 Å². The first kappa shape index (κ1) is 13.2. The van der Waals surface area contributed by atoms with Crippen LogP contribution in [0.2, 0.25) is 0 Å². The number of hydrogen-bond donors (Lipinski definition) is 3. The first-order chi connectivity index (χ1) is 7.99. The van der Waals surface area contributed by atoms with Gasteiger partial charge in [0.15, 0.2) is 5.78 Å². The summed E-state index contributed by atoms with van der Waals surface area (Å²) >= 11 is 0. The maximum Gasteiger partial charge on any atom is 0.275 e. The van der Waals surface area contributed by atoms with Gasteiger partial charge in [0.25, 0.3) is 5.69 Å². The van der Waals surface area contributed by atoms with Crippen molar-refractivity contribution in [2.45, 2.75) is 12.2 Å². The Balaban J connectivity index is 3.07. The van der Waals surface area contributed by atoms with Crippen LogP contribution in [0.25, 0.3) is 0 Å². The Hall–Kier alpha value is -1.83. The van der Waals surface area contributed by atoms with E-state index in [9.17, 15) is 25.1 Å². The minimum absolute atomic E-state index is 0.174. The summed E-state index contributed by atoms with van der Waals surface area (Å²) in [5.74, 6) is -1.00. The van der Waals surface area contributed by atoms with Gasteiger partial charge in [0.05, 0.1) is 10.5 Å². The number of nitrogens with zero attached hydrogens (tertiary/aromatic N) is 1. The van der Waals surface area contributed by atoms with Crippen LogP contribution in [0.3, 0.4) is 0 Å². The summed E-state index contributed by atoms with van der Waals surface area (Å²) in [6.07, 6.45) is -3.63. The Morgan fingerprint density at radius 1 is 1.35 bits per heavy atom. The summed E-state index contributed by atoms with van der Waals surface area (Å²) in [6.45, 7) is -0.946. The predicted octanol–water partition coefficient (Wildman–Crippen LogP) is -0.450. The van der Waals surface area contributed by atoms with E-state index in [0.29, 0.717) is 0 Å². The first-order valence-electron chi connectivity index (χ1n) is 4.72. The van der Waals surface area contributed by atoms with Crippen molar-refractivity contribution < 1.29 is 25.0 Å². The first-order valence-corrected chi connectivity index (χ1v) is 4.72. The summed E-state index contributed by atoms with van der Waals surface area (Å²) < 4.78 is 0. The number of para-hydroxylation sites is 1. The molecule has 92 valence electrons. The number of aliphatic hydroxyl groups excluding tert-OH is 3. The molecule has 0 saturated heterocycles. The normalized spacial score (nSPS) is 14.1. The molecule has 0 radical (unpaired) electrons. The molecule has 17 heavy (non-hydrogen) atoms. The van der Waals surface area contributed by atoms with Crippen molar-refractivity contribution in [1.29, 1.82) is 0 Å². The lowest BCUT2D eigenvalue weighted by atomic mass is 10.00. The van der Waals surface area contributed by atoms with Crippen molar-refractivity contribution in [3.63, 3.8) is 0 Å². The van der Waals surface area contributed by atoms with Crippen molar-refractivity contribution in [2.24, 2.45) is 0 Å². The molecule has 0 fully saturated rings. The fourth-order valence-electron chi connectivity index (χ4n) is 1.34. The molecule has 0 unspecified atom stereocenters. The maximum absolute atomic E-state index is 11.0. The summed E-state index contributed by atoms with van der Waals surface area (Å²) in [6, 6.07) is 5.21. The van der Waals surface area contributed by atoms with Crippen LogP contribution in [0.5, 0.6) is 0 Å². The van der Waals surface area contributed by atoms with E-state index in [1.54, 1.807) is 0 Å². The van der Waals surface area contributed by atoms with Crippen molar-refractivity contribution in [3.05, 3.63) is 39.9 Å². The highest BCUT2D eigenvalue weighted by molar-refractivity contribution is 5.84. The lowest BCUT2D eigenvalue weighted by Crippen LogP contribution is -2.30. The molecule has 0 saturated carbocycles. The third-order valence-corrected chi connectivity index (χ3v) is 2.24. The molecule has 0 aliphatic carbocycles. The topological polar surface area (TPSA) is 121 Å². The smallest absolute Gasteiger partial charge is 0.275 e. The zero-order valence-electron chi connectivity index (χ0n) is 8.68. The predicted molar refractivity (Wildman–Crippen MR) is 56.2 cm³/mol. The number of Topliss-reactive ketones (excluding diaryl/α,β-unsaturated/α-hetero) is 1. The summed E-state index contributed by atoms with van der Waals surface area (Å²) in [4.78, 5) is 20.9. The van der Waals surface area contributed by atoms with Gasteiger partial charge in [-0.05, 0) is 6.07 Å². The molecule has 7 heteroatoms. The monoisotopic (exact) mass is 241 g/mol. The molecule has 0 aliphatic heterocycles. The molecule has 2 atom stereocenters. The van der Waals surface area contributed by atoms with Crippen molar-refractivity contribution in [3.8, 4) is 0 Å². The van der Waals surface area contributed by atoms with E-state index in [0.717, 1.165) is 6.07 Å². The standard InChI is InChI=1S/C10H11NO6/c12-5-8(13)10(15)9(14)6-3-1-2-4-7(6)11(16)17/h1-4,9-10,12,14-15H,5H2/t9-,10-/m1/s1. The van der Waals surface area contributed by atoms with Gasteiger partial charge in [-0.2, -0.15) is 0 Å². The second kappa shape index (κ2) is 5.48. The van der Waals surface area contributed by atoms with Crippen LogP contribution in [0, 0.1) is 10.1 Å². The third-order valence-electron chi connectivity index (χ3n) is 2.24. The van der Waals surface area contributed by atoms with Gasteiger partial charge in [0, 0.05) is 6.07 Å². The Morgan fingerprint density at radius 2 is 1.94 bits per heavy atom. The minimum atomic E-state index is -1.89. The average molecular weight is 241 g/mol. The van der Waals surface area contributed by atoms with Crippen LogP contribution in [0.15, 0.2) is 24.3 Å². The average Bonchev–Trinajstić information content (AvgIpc) is 2.35. The van der Waals surface area contributed by atoms with Crippen molar-refractivity contribution in [2.75, 3.05) is 6.61 Å². The molecule has 0 amide bonds. The Morgan fingerprint density at radius 3 is 2.47 bits per heavy atom. The van der Waals surface area contributed by atoms with Gasteiger partial charge < -0.3 is 15.3 Å². The Bertz CT molecular complexity index is 433. The third kappa shape index (κ3) is 2.84. The molecule has 0 spiro atoms. The number of nitro benzene ring substituents is 1. The SMILES string of the molecule is O=C(CO)[C@@H](O)[C@H](O)c1ccccc1[N+](=O)[O-]. The van der Waals surface area contributed by atoms with Crippen LogP contribution >= 0.6 is 0 Å². The van der Waals surface area contributed by atoms with E-state index >= 15 is 0 Å². The number of aliphatic hydroxyl groups is 3. The molecule has 3 N–H and O–H groups in total. The minimum Gasteiger partial charge on any atom is -0.388 e. The van der Waals surface area contributed by atoms with Gasteiger partial charge >= 0.3 is 0 Å². The van der Waals surface area contributed by atoms with Gasteiger partial charge in [-0.3, -0.25) is 14.9 Å². The fourth-order valence-corrected chi connectivity index (χ4v) is 1.34. The van der Waals surface area contributed by atoms with Gasteiger partial charge in [0.2, 0.25) is 0 Å². The zero-order valence-corrected chi connectivity index (χ0v) is 8.68. The number of benzene rings is 1. The van der Waals surface area contributed by atoms with Crippen molar-refractivity contribution in [1.82, 2.24) is 0 Å². The van der Waals surface area contributed by atoms with Gasteiger partial charge in [-0.15, -0.1) is 0 Å².